The minimum absolute atomic E-state index is 0.00735. The molecule has 0 aliphatic heterocycles. The van der Waals surface area contributed by atoms with E-state index < -0.39 is 18.1 Å². The Morgan fingerprint density at radius 2 is 1.63 bits per heavy atom. The summed E-state index contributed by atoms with van der Waals surface area (Å²) in [6.45, 7) is 4.43. The zero-order valence-electron chi connectivity index (χ0n) is 20.3. The predicted octanol–water partition coefficient (Wildman–Crippen LogP) is 4.56. The van der Waals surface area contributed by atoms with Crippen LogP contribution in [0.1, 0.15) is 56.6 Å². The second-order valence-corrected chi connectivity index (χ2v) is 10.0. The second-order valence-electron chi connectivity index (χ2n) is 10.0. The van der Waals surface area contributed by atoms with Crippen LogP contribution in [-0.4, -0.2) is 42.3 Å². The molecule has 186 valence electrons. The summed E-state index contributed by atoms with van der Waals surface area (Å²) in [7, 11) is 0. The Morgan fingerprint density at radius 1 is 1.00 bits per heavy atom. The number of rotatable bonds is 9. The van der Waals surface area contributed by atoms with Crippen molar-refractivity contribution in [1.82, 2.24) is 10.6 Å². The minimum atomic E-state index is -1.02. The van der Waals surface area contributed by atoms with E-state index in [0.717, 1.165) is 24.0 Å². The first-order valence-electron chi connectivity index (χ1n) is 12.5. The first-order chi connectivity index (χ1) is 16.8. The highest BCUT2D eigenvalue weighted by atomic mass is 16.5. The average molecular weight is 479 g/mol. The fourth-order valence-corrected chi connectivity index (χ4v) is 5.46. The lowest BCUT2D eigenvalue weighted by Gasteiger charge is -2.23. The van der Waals surface area contributed by atoms with Crippen molar-refractivity contribution in [2.24, 2.45) is 17.8 Å². The SMILES string of the molecule is CC(C)CC(NC(=O)[C@@H]1CCC[C@@H]1CNC(=O)OCC1c2ccccc2-c2ccccc21)C(=O)O. The number of fused-ring (bicyclic) bond motifs is 3. The summed E-state index contributed by atoms with van der Waals surface area (Å²) in [5, 5.41) is 15.0. The van der Waals surface area contributed by atoms with Crippen LogP contribution in [-0.2, 0) is 14.3 Å². The Hall–Kier alpha value is -3.35. The highest BCUT2D eigenvalue weighted by molar-refractivity contribution is 5.85. The summed E-state index contributed by atoms with van der Waals surface area (Å²) >= 11 is 0. The Balaban J connectivity index is 1.30. The van der Waals surface area contributed by atoms with Gasteiger partial charge in [0.15, 0.2) is 0 Å². The van der Waals surface area contributed by atoms with Crippen molar-refractivity contribution in [3.63, 3.8) is 0 Å². The van der Waals surface area contributed by atoms with Crippen LogP contribution >= 0.6 is 0 Å². The van der Waals surface area contributed by atoms with E-state index in [2.05, 4.69) is 34.9 Å². The Morgan fingerprint density at radius 3 is 2.23 bits per heavy atom. The van der Waals surface area contributed by atoms with Crippen LogP contribution in [0.3, 0.4) is 0 Å². The van der Waals surface area contributed by atoms with Crippen LogP contribution in [0.15, 0.2) is 48.5 Å². The molecule has 2 aromatic carbocycles. The zero-order valence-corrected chi connectivity index (χ0v) is 20.3. The quantitative estimate of drug-likeness (QED) is 0.490. The molecule has 0 bridgehead atoms. The molecule has 35 heavy (non-hydrogen) atoms. The maximum atomic E-state index is 12.8. The van der Waals surface area contributed by atoms with Crippen molar-refractivity contribution < 1.29 is 24.2 Å². The van der Waals surface area contributed by atoms with Crippen LogP contribution in [0.2, 0.25) is 0 Å². The average Bonchev–Trinajstić information content (AvgIpc) is 3.43. The topological polar surface area (TPSA) is 105 Å². The highest BCUT2D eigenvalue weighted by Crippen LogP contribution is 2.44. The van der Waals surface area contributed by atoms with Gasteiger partial charge in [-0.2, -0.15) is 0 Å². The number of ether oxygens (including phenoxy) is 1. The fraction of sp³-hybridized carbons (Fsp3) is 0.464. The van der Waals surface area contributed by atoms with Gasteiger partial charge in [-0.3, -0.25) is 4.79 Å². The van der Waals surface area contributed by atoms with Crippen LogP contribution in [0.5, 0.6) is 0 Å². The second kappa shape index (κ2) is 10.9. The number of aliphatic carboxylic acids is 1. The number of carbonyl (C=O) groups excluding carboxylic acids is 2. The largest absolute Gasteiger partial charge is 0.480 e. The van der Waals surface area contributed by atoms with Gasteiger partial charge >= 0.3 is 12.1 Å². The minimum Gasteiger partial charge on any atom is -0.480 e. The molecule has 7 nitrogen and oxygen atoms in total. The summed E-state index contributed by atoms with van der Waals surface area (Å²) in [6, 6.07) is 15.5. The monoisotopic (exact) mass is 478 g/mol. The summed E-state index contributed by atoms with van der Waals surface area (Å²) in [4.78, 5) is 36.9. The van der Waals surface area contributed by atoms with Crippen LogP contribution in [0.25, 0.3) is 11.1 Å². The molecule has 2 amide bonds. The summed E-state index contributed by atoms with van der Waals surface area (Å²) < 4.78 is 5.61. The normalized spacial score (nSPS) is 19.6. The molecule has 0 heterocycles. The molecule has 2 aliphatic carbocycles. The van der Waals surface area contributed by atoms with E-state index in [1.165, 1.54) is 11.1 Å². The Kier molecular flexibility index (Phi) is 7.73. The molecular formula is C28H34N2O5. The van der Waals surface area contributed by atoms with Crippen molar-refractivity contribution in [1.29, 1.82) is 0 Å². The maximum absolute atomic E-state index is 12.8. The molecule has 2 aliphatic rings. The van der Waals surface area contributed by atoms with Gasteiger partial charge in [0.1, 0.15) is 12.6 Å². The van der Waals surface area contributed by atoms with E-state index in [0.29, 0.717) is 19.4 Å². The van der Waals surface area contributed by atoms with Crippen molar-refractivity contribution >= 4 is 18.0 Å². The highest BCUT2D eigenvalue weighted by Gasteiger charge is 2.35. The number of alkyl carbamates (subject to hydrolysis) is 1. The van der Waals surface area contributed by atoms with Gasteiger partial charge in [-0.05, 0) is 53.4 Å². The van der Waals surface area contributed by atoms with E-state index >= 15 is 0 Å². The molecule has 2 aromatic rings. The third-order valence-electron chi connectivity index (χ3n) is 7.17. The van der Waals surface area contributed by atoms with Crippen molar-refractivity contribution in [3.05, 3.63) is 59.7 Å². The molecule has 0 radical (unpaired) electrons. The van der Waals surface area contributed by atoms with E-state index in [4.69, 9.17) is 4.74 Å². The molecule has 4 rings (SSSR count). The lowest BCUT2D eigenvalue weighted by atomic mass is 9.94. The number of hydrogen-bond donors (Lipinski definition) is 3. The van der Waals surface area contributed by atoms with Gasteiger partial charge in [-0.15, -0.1) is 0 Å². The standard InChI is InChI=1S/C28H34N2O5/c1-17(2)14-25(27(32)33)30-26(31)19-13-7-8-18(19)15-29-28(34)35-16-24-22-11-5-3-9-20(22)21-10-4-6-12-23(21)24/h3-6,9-12,17-19,24-25H,7-8,13-16H2,1-2H3,(H,29,34)(H,30,31)(H,32,33)/t18-,19-,25?/m1/s1. The van der Waals surface area contributed by atoms with Gasteiger partial charge in [0.2, 0.25) is 5.91 Å². The lowest BCUT2D eigenvalue weighted by molar-refractivity contribution is -0.143. The molecule has 3 N–H and O–H groups in total. The smallest absolute Gasteiger partial charge is 0.407 e. The number of carbonyl (C=O) groups is 3. The molecule has 0 spiro atoms. The van der Waals surface area contributed by atoms with E-state index in [9.17, 15) is 19.5 Å². The Bertz CT molecular complexity index is 1040. The molecule has 0 aromatic heterocycles. The third kappa shape index (κ3) is 5.66. The first-order valence-corrected chi connectivity index (χ1v) is 12.5. The molecule has 0 saturated heterocycles. The van der Waals surface area contributed by atoms with Gasteiger partial charge in [0.05, 0.1) is 0 Å². The molecular weight excluding hydrogens is 444 g/mol. The molecule has 1 unspecified atom stereocenters. The molecule has 1 fully saturated rings. The van der Waals surface area contributed by atoms with E-state index in [1.54, 1.807) is 0 Å². The van der Waals surface area contributed by atoms with Gasteiger partial charge in [-0.1, -0.05) is 68.8 Å². The van der Waals surface area contributed by atoms with E-state index in [-0.39, 0.29) is 36.2 Å². The maximum Gasteiger partial charge on any atom is 0.407 e. The fourth-order valence-electron chi connectivity index (χ4n) is 5.46. The van der Waals surface area contributed by atoms with Crippen molar-refractivity contribution in [2.45, 2.75) is 51.5 Å². The van der Waals surface area contributed by atoms with Crippen molar-refractivity contribution in [3.8, 4) is 11.1 Å². The molecule has 7 heteroatoms. The first kappa shape index (κ1) is 24.8. The zero-order chi connectivity index (χ0) is 24.9. The lowest BCUT2D eigenvalue weighted by Crippen LogP contribution is -2.46. The summed E-state index contributed by atoms with van der Waals surface area (Å²) in [5.41, 5.74) is 4.66. The van der Waals surface area contributed by atoms with Gasteiger partial charge in [0.25, 0.3) is 0 Å². The number of nitrogens with one attached hydrogen (secondary N) is 2. The summed E-state index contributed by atoms with van der Waals surface area (Å²) in [6.07, 6.45) is 2.26. The number of carboxylic acid groups (broad SMARTS) is 1. The number of amides is 2. The molecule has 3 atom stereocenters. The van der Waals surface area contributed by atoms with E-state index in [1.807, 2.05) is 38.1 Å². The van der Waals surface area contributed by atoms with Crippen LogP contribution < -0.4 is 10.6 Å². The third-order valence-corrected chi connectivity index (χ3v) is 7.17. The van der Waals surface area contributed by atoms with Crippen LogP contribution in [0.4, 0.5) is 4.79 Å². The van der Waals surface area contributed by atoms with Crippen molar-refractivity contribution in [2.75, 3.05) is 13.2 Å². The predicted molar refractivity (Wildman–Crippen MR) is 133 cm³/mol. The number of carboxylic acids is 1. The van der Waals surface area contributed by atoms with Gasteiger partial charge in [-0.25, -0.2) is 9.59 Å². The number of benzene rings is 2. The van der Waals surface area contributed by atoms with Crippen LogP contribution in [0, 0.1) is 17.8 Å². The number of hydrogen-bond acceptors (Lipinski definition) is 4. The Labute approximate surface area is 206 Å². The van der Waals surface area contributed by atoms with Gasteiger partial charge < -0.3 is 20.5 Å². The molecule has 1 saturated carbocycles. The summed E-state index contributed by atoms with van der Waals surface area (Å²) in [5.74, 6) is -1.45. The van der Waals surface area contributed by atoms with Gasteiger partial charge in [0, 0.05) is 18.4 Å².